The minimum absolute atomic E-state index is 0.0584. The number of hydrogen-bond acceptors (Lipinski definition) is 7. The molecule has 3 fully saturated rings. The van der Waals surface area contributed by atoms with Crippen molar-refractivity contribution in [3.05, 3.63) is 36.3 Å². The molecule has 2 aromatic rings. The minimum atomic E-state index is -4.73. The van der Waals surface area contributed by atoms with Crippen LogP contribution in [0.4, 0.5) is 34.8 Å². The molecule has 228 valence electrons. The third-order valence-electron chi connectivity index (χ3n) is 8.43. The lowest BCUT2D eigenvalue weighted by Crippen LogP contribution is -2.51. The van der Waals surface area contributed by atoms with Gasteiger partial charge in [-0.25, -0.2) is 9.37 Å². The number of carbonyl (C=O) groups excluding carboxylic acids is 2. The third-order valence-corrected chi connectivity index (χ3v) is 8.43. The van der Waals surface area contributed by atoms with Crippen molar-refractivity contribution in [1.29, 1.82) is 0 Å². The summed E-state index contributed by atoms with van der Waals surface area (Å²) in [6.07, 6.45) is -3.94. The number of rotatable bonds is 5. The van der Waals surface area contributed by atoms with Gasteiger partial charge in [0, 0.05) is 69.1 Å². The fourth-order valence-electron chi connectivity index (χ4n) is 5.80. The second-order valence-electron chi connectivity index (χ2n) is 11.4. The summed E-state index contributed by atoms with van der Waals surface area (Å²) in [6.45, 7) is 7.27. The molecule has 0 aliphatic carbocycles. The highest BCUT2D eigenvalue weighted by Gasteiger charge is 2.50. The van der Waals surface area contributed by atoms with Gasteiger partial charge in [-0.2, -0.15) is 13.2 Å². The predicted molar refractivity (Wildman–Crippen MR) is 151 cm³/mol. The Kier molecular flexibility index (Phi) is 8.61. The van der Waals surface area contributed by atoms with Gasteiger partial charge >= 0.3 is 6.18 Å². The molecule has 2 amide bonds. The van der Waals surface area contributed by atoms with Crippen molar-refractivity contribution in [3.8, 4) is 11.1 Å². The fraction of sp³-hybridized carbons (Fsp3) is 0.552. The Labute approximate surface area is 242 Å². The zero-order chi connectivity index (χ0) is 30.2. The van der Waals surface area contributed by atoms with Crippen molar-refractivity contribution in [2.75, 3.05) is 68.0 Å². The van der Waals surface area contributed by atoms with Crippen LogP contribution >= 0.6 is 0 Å². The molecule has 5 rings (SSSR count). The van der Waals surface area contributed by atoms with E-state index in [2.05, 4.69) is 25.4 Å². The van der Waals surface area contributed by atoms with Crippen molar-refractivity contribution < 1.29 is 31.9 Å². The Bertz CT molecular complexity index is 1310. The number of alkyl halides is 3. The number of morpholine rings is 1. The van der Waals surface area contributed by atoms with Crippen LogP contribution in [0.2, 0.25) is 0 Å². The monoisotopic (exact) mass is 592 g/mol. The van der Waals surface area contributed by atoms with Crippen molar-refractivity contribution in [1.82, 2.24) is 15.2 Å². The van der Waals surface area contributed by atoms with Gasteiger partial charge in [0.05, 0.1) is 35.9 Å². The third kappa shape index (κ3) is 6.46. The number of carbonyl (C=O) groups is 2. The van der Waals surface area contributed by atoms with Gasteiger partial charge in [0.2, 0.25) is 11.8 Å². The van der Waals surface area contributed by atoms with E-state index in [1.165, 1.54) is 12.1 Å². The second kappa shape index (κ2) is 12.0. The van der Waals surface area contributed by atoms with E-state index in [0.717, 1.165) is 5.82 Å². The van der Waals surface area contributed by atoms with Gasteiger partial charge in [-0.1, -0.05) is 0 Å². The summed E-state index contributed by atoms with van der Waals surface area (Å²) in [5.41, 5.74) is 1.22. The van der Waals surface area contributed by atoms with Gasteiger partial charge in [-0.3, -0.25) is 9.59 Å². The number of pyridine rings is 1. The first-order valence-electron chi connectivity index (χ1n) is 14.2. The van der Waals surface area contributed by atoms with E-state index in [1.54, 1.807) is 18.3 Å². The Morgan fingerprint density at radius 3 is 2.57 bits per heavy atom. The summed E-state index contributed by atoms with van der Waals surface area (Å²) in [7, 11) is 1.98. The quantitative estimate of drug-likeness (QED) is 0.514. The summed E-state index contributed by atoms with van der Waals surface area (Å²) in [4.78, 5) is 35.8. The molecule has 2 N–H and O–H groups in total. The molecular weight excluding hydrogens is 556 g/mol. The van der Waals surface area contributed by atoms with Crippen LogP contribution in [0, 0.1) is 17.7 Å². The van der Waals surface area contributed by atoms with Crippen LogP contribution in [-0.2, 0) is 14.3 Å². The summed E-state index contributed by atoms with van der Waals surface area (Å²) in [5, 5.41) is 5.05. The average Bonchev–Trinajstić information content (AvgIpc) is 2.95. The van der Waals surface area contributed by atoms with Crippen molar-refractivity contribution in [2.45, 2.75) is 38.6 Å². The first kappa shape index (κ1) is 30.0. The molecular formula is C29H36F4N6O3. The molecule has 1 aromatic carbocycles. The number of likely N-dealkylation sites (N-methyl/N-ethyl adjacent to an activating group) is 1. The van der Waals surface area contributed by atoms with E-state index >= 15 is 4.39 Å². The molecule has 42 heavy (non-hydrogen) atoms. The highest BCUT2D eigenvalue weighted by molar-refractivity contribution is 5.98. The Morgan fingerprint density at radius 1 is 1.12 bits per heavy atom. The molecule has 13 heteroatoms. The van der Waals surface area contributed by atoms with E-state index in [0.29, 0.717) is 50.6 Å². The fourth-order valence-corrected chi connectivity index (χ4v) is 5.80. The van der Waals surface area contributed by atoms with E-state index in [-0.39, 0.29) is 23.4 Å². The smallest absolute Gasteiger partial charge is 0.375 e. The molecule has 0 bridgehead atoms. The standard InChI is InChI=1S/C29H36F4N6O3/c1-17-15-38(7-6-37(17)3)25-12-23(30)20(19-4-5-26(34-13-19)39-8-9-42-18(2)16-39)10-24(25)36-28(41)21-14-35-27(40)11-22(21)29(31,32)33/h4-5,10,12-13,17-18,21-22H,6-9,11,14-16H2,1-3H3,(H,35,40)(H,36,41)/t17-,18-,21?,22?/m0/s1. The number of piperidine rings is 1. The largest absolute Gasteiger partial charge is 0.393 e. The summed E-state index contributed by atoms with van der Waals surface area (Å²) >= 11 is 0. The number of nitrogens with zero attached hydrogens (tertiary/aromatic N) is 4. The molecule has 4 heterocycles. The molecule has 3 aliphatic rings. The van der Waals surface area contributed by atoms with Crippen LogP contribution in [0.15, 0.2) is 30.5 Å². The summed E-state index contributed by atoms with van der Waals surface area (Å²) in [5.74, 6) is -5.08. The van der Waals surface area contributed by atoms with E-state index in [1.807, 2.05) is 25.8 Å². The van der Waals surface area contributed by atoms with Gasteiger partial charge in [-0.15, -0.1) is 0 Å². The predicted octanol–water partition coefficient (Wildman–Crippen LogP) is 3.51. The lowest BCUT2D eigenvalue weighted by Gasteiger charge is -2.40. The van der Waals surface area contributed by atoms with Gasteiger partial charge in [0.1, 0.15) is 11.6 Å². The summed E-state index contributed by atoms with van der Waals surface area (Å²) in [6, 6.07) is 6.45. The van der Waals surface area contributed by atoms with Crippen LogP contribution in [-0.4, -0.2) is 92.9 Å². The molecule has 9 nitrogen and oxygen atoms in total. The Balaban J connectivity index is 1.47. The average molecular weight is 593 g/mol. The van der Waals surface area contributed by atoms with E-state index < -0.39 is 48.6 Å². The Morgan fingerprint density at radius 2 is 1.90 bits per heavy atom. The molecule has 0 radical (unpaired) electrons. The van der Waals surface area contributed by atoms with Crippen LogP contribution in [0.3, 0.4) is 0 Å². The number of aromatic nitrogens is 1. The number of ether oxygens (including phenoxy) is 1. The molecule has 1 aromatic heterocycles. The summed E-state index contributed by atoms with van der Waals surface area (Å²) < 4.78 is 62.7. The van der Waals surface area contributed by atoms with Crippen LogP contribution < -0.4 is 20.4 Å². The number of anilines is 3. The second-order valence-corrected chi connectivity index (χ2v) is 11.4. The number of halogens is 4. The van der Waals surface area contributed by atoms with Crippen molar-refractivity contribution in [2.24, 2.45) is 11.8 Å². The van der Waals surface area contributed by atoms with Gasteiger partial charge in [0.15, 0.2) is 0 Å². The SMILES string of the molecule is C[C@H]1CN(c2ccc(-c3cc(NC(=O)C4CNC(=O)CC4C(F)(F)F)c(N4CCN(C)[C@@H](C)C4)cc3F)cn2)CCO1. The van der Waals surface area contributed by atoms with Crippen LogP contribution in [0.5, 0.6) is 0 Å². The molecule has 3 saturated heterocycles. The van der Waals surface area contributed by atoms with Crippen molar-refractivity contribution >= 4 is 29.0 Å². The van der Waals surface area contributed by atoms with E-state index in [4.69, 9.17) is 4.74 Å². The number of amides is 2. The number of nitrogens with one attached hydrogen (secondary N) is 2. The minimum Gasteiger partial charge on any atom is -0.375 e. The zero-order valence-corrected chi connectivity index (χ0v) is 23.9. The highest BCUT2D eigenvalue weighted by Crippen LogP contribution is 2.39. The normalized spacial score (nSPS) is 25.7. The lowest BCUT2D eigenvalue weighted by molar-refractivity contribution is -0.197. The van der Waals surface area contributed by atoms with Crippen LogP contribution in [0.25, 0.3) is 11.1 Å². The molecule has 0 spiro atoms. The maximum atomic E-state index is 15.7. The van der Waals surface area contributed by atoms with Gasteiger partial charge in [-0.05, 0) is 45.2 Å². The first-order chi connectivity index (χ1) is 19.9. The maximum Gasteiger partial charge on any atom is 0.393 e. The zero-order valence-electron chi connectivity index (χ0n) is 23.9. The van der Waals surface area contributed by atoms with Gasteiger partial charge < -0.3 is 30.1 Å². The number of piperazine rings is 1. The maximum absolute atomic E-state index is 15.7. The number of hydrogen-bond donors (Lipinski definition) is 2. The lowest BCUT2D eigenvalue weighted by atomic mass is 9.84. The topological polar surface area (TPSA) is 90.0 Å². The molecule has 4 atom stereocenters. The van der Waals surface area contributed by atoms with Crippen molar-refractivity contribution in [3.63, 3.8) is 0 Å². The van der Waals surface area contributed by atoms with E-state index in [9.17, 15) is 22.8 Å². The van der Waals surface area contributed by atoms with Crippen LogP contribution in [0.1, 0.15) is 20.3 Å². The molecule has 0 saturated carbocycles. The molecule has 3 aliphatic heterocycles. The Hall–Kier alpha value is -3.45. The number of benzene rings is 1. The molecule has 2 unspecified atom stereocenters. The van der Waals surface area contributed by atoms with Gasteiger partial charge in [0.25, 0.3) is 0 Å². The highest BCUT2D eigenvalue weighted by atomic mass is 19.4. The first-order valence-corrected chi connectivity index (χ1v) is 14.2.